The monoisotopic (exact) mass is 599 g/mol. The lowest BCUT2D eigenvalue weighted by molar-refractivity contribution is 0.0948. The number of nitrogens with zero attached hydrogens (tertiary/aromatic N) is 4. The molecule has 4 aromatic rings. The predicted molar refractivity (Wildman–Crippen MR) is 167 cm³/mol. The Kier molecular flexibility index (Phi) is 8.58. The predicted octanol–water partition coefficient (Wildman–Crippen LogP) is 5.64. The van der Waals surface area contributed by atoms with Crippen molar-refractivity contribution in [2.24, 2.45) is 0 Å². The highest BCUT2D eigenvalue weighted by atomic mass is 32.2. The smallest absolute Gasteiger partial charge is 0.251 e. The maximum atomic E-state index is 12.7. The van der Waals surface area contributed by atoms with Crippen molar-refractivity contribution in [1.82, 2.24) is 20.2 Å². The van der Waals surface area contributed by atoms with Gasteiger partial charge in [-0.25, -0.2) is 9.97 Å². The number of carbonyl (C=O) groups is 1. The Balaban J connectivity index is 1.09. The normalized spacial score (nSPS) is 15.1. The van der Waals surface area contributed by atoms with Gasteiger partial charge in [0.05, 0.1) is 18.5 Å². The van der Waals surface area contributed by atoms with E-state index in [1.807, 2.05) is 42.5 Å². The van der Waals surface area contributed by atoms with Crippen LogP contribution in [-0.4, -0.2) is 53.7 Å². The van der Waals surface area contributed by atoms with Gasteiger partial charge in [-0.2, -0.15) is 0 Å². The summed E-state index contributed by atoms with van der Waals surface area (Å²) in [5, 5.41) is 3.66. The molecule has 0 aliphatic carbocycles. The molecule has 0 saturated carbocycles. The first kappa shape index (κ1) is 29.1. The first-order chi connectivity index (χ1) is 20.8. The number of benzene rings is 2. The fourth-order valence-electron chi connectivity index (χ4n) is 5.09. The third kappa shape index (κ3) is 7.32. The van der Waals surface area contributed by atoms with Gasteiger partial charge in [-0.3, -0.25) is 9.69 Å². The number of carbonyl (C=O) groups excluding carboxylic acids is 1. The van der Waals surface area contributed by atoms with Crippen LogP contribution in [0, 0.1) is 0 Å². The molecule has 2 aliphatic rings. The second-order valence-corrected chi connectivity index (χ2v) is 12.8. The summed E-state index contributed by atoms with van der Waals surface area (Å²) in [6.45, 7) is 11.8. The van der Waals surface area contributed by atoms with Gasteiger partial charge < -0.3 is 24.1 Å². The lowest BCUT2D eigenvalue weighted by atomic mass is 9.92. The number of aromatic nitrogens is 2. The number of hydrogen-bond acceptors (Lipinski definition) is 9. The van der Waals surface area contributed by atoms with Crippen LogP contribution in [0.15, 0.2) is 76.5 Å². The van der Waals surface area contributed by atoms with E-state index in [0.29, 0.717) is 24.7 Å². The number of furan rings is 1. The van der Waals surface area contributed by atoms with Crippen molar-refractivity contribution < 1.29 is 18.7 Å². The van der Waals surface area contributed by atoms with Crippen LogP contribution in [-0.2, 0) is 24.3 Å². The molecule has 0 spiro atoms. The molecule has 2 aromatic heterocycles. The summed E-state index contributed by atoms with van der Waals surface area (Å²) in [5.74, 6) is 3.87. The molecule has 2 aliphatic heterocycles. The van der Waals surface area contributed by atoms with Gasteiger partial charge in [-0.1, -0.05) is 50.7 Å². The van der Waals surface area contributed by atoms with Crippen molar-refractivity contribution in [3.05, 3.63) is 95.1 Å². The van der Waals surface area contributed by atoms with Crippen LogP contribution in [0.5, 0.6) is 11.5 Å². The molecule has 224 valence electrons. The van der Waals surface area contributed by atoms with Crippen LogP contribution < -0.4 is 19.7 Å². The first-order valence-electron chi connectivity index (χ1n) is 14.6. The van der Waals surface area contributed by atoms with Crippen molar-refractivity contribution in [3.8, 4) is 11.5 Å². The SMILES string of the molecule is CC(C)(C)c1cc(N2CCN(Cc3ccc4c(c3)OCO4)CC2)nc(SCc2cccc(C(=O)NCc3ccco3)c2)n1. The highest BCUT2D eigenvalue weighted by Gasteiger charge is 2.24. The number of hydrogen-bond donors (Lipinski definition) is 1. The molecule has 0 atom stereocenters. The number of nitrogens with one attached hydrogen (secondary N) is 1. The van der Waals surface area contributed by atoms with Gasteiger partial charge >= 0.3 is 0 Å². The minimum Gasteiger partial charge on any atom is -0.467 e. The molecule has 0 bridgehead atoms. The molecule has 0 radical (unpaired) electrons. The number of rotatable bonds is 9. The van der Waals surface area contributed by atoms with Gasteiger partial charge in [0.1, 0.15) is 11.6 Å². The molecule has 1 N–H and O–H groups in total. The Morgan fingerprint density at radius 2 is 1.77 bits per heavy atom. The third-order valence-corrected chi connectivity index (χ3v) is 8.48. The van der Waals surface area contributed by atoms with Crippen molar-refractivity contribution >= 4 is 23.5 Å². The third-order valence-electron chi connectivity index (χ3n) is 7.56. The number of anilines is 1. The van der Waals surface area contributed by atoms with Crippen LogP contribution in [0.3, 0.4) is 0 Å². The number of ether oxygens (including phenoxy) is 2. The molecule has 2 aromatic carbocycles. The Bertz CT molecular complexity index is 1560. The van der Waals surface area contributed by atoms with Crippen LogP contribution in [0.25, 0.3) is 0 Å². The van der Waals surface area contributed by atoms with E-state index >= 15 is 0 Å². The topological polar surface area (TPSA) is 93.0 Å². The van der Waals surface area contributed by atoms with Gasteiger partial charge in [0.15, 0.2) is 16.7 Å². The second-order valence-electron chi connectivity index (χ2n) is 11.8. The number of fused-ring (bicyclic) bond motifs is 1. The molecule has 9 nitrogen and oxygen atoms in total. The lowest BCUT2D eigenvalue weighted by Gasteiger charge is -2.36. The minimum absolute atomic E-state index is 0.111. The number of thioether (sulfide) groups is 1. The Morgan fingerprint density at radius 1 is 0.930 bits per heavy atom. The van der Waals surface area contributed by atoms with E-state index in [-0.39, 0.29) is 11.3 Å². The number of piperazine rings is 1. The summed E-state index contributed by atoms with van der Waals surface area (Å²) in [4.78, 5) is 27.5. The summed E-state index contributed by atoms with van der Waals surface area (Å²) in [6, 6.07) is 19.7. The van der Waals surface area contributed by atoms with Crippen LogP contribution >= 0.6 is 11.8 Å². The lowest BCUT2D eigenvalue weighted by Crippen LogP contribution is -2.46. The van der Waals surface area contributed by atoms with E-state index in [0.717, 1.165) is 72.2 Å². The first-order valence-corrected chi connectivity index (χ1v) is 15.6. The second kappa shape index (κ2) is 12.7. The standard InChI is InChI=1S/C33H37N5O4S/c1-33(2,3)29-18-30(38-13-11-37(12-14-38)20-23-9-10-27-28(17-23)42-22-41-27)36-32(35-29)43-21-24-6-4-7-25(16-24)31(39)34-19-26-8-5-15-40-26/h4-10,15-18H,11-14,19-22H2,1-3H3,(H,34,39). The van der Waals surface area contributed by atoms with E-state index in [4.69, 9.17) is 23.9 Å². The molecule has 6 rings (SSSR count). The Labute approximate surface area is 256 Å². The fourth-order valence-corrected chi connectivity index (χ4v) is 5.89. The maximum absolute atomic E-state index is 12.7. The van der Waals surface area contributed by atoms with Gasteiger partial charge in [0, 0.05) is 55.5 Å². The van der Waals surface area contributed by atoms with Gasteiger partial charge in [-0.05, 0) is 47.5 Å². The van der Waals surface area contributed by atoms with Crippen LogP contribution in [0.1, 0.15) is 53.7 Å². The summed E-state index contributed by atoms with van der Waals surface area (Å²) in [5.41, 5.74) is 3.80. The molecular formula is C33H37N5O4S. The summed E-state index contributed by atoms with van der Waals surface area (Å²) >= 11 is 1.60. The van der Waals surface area contributed by atoms with Gasteiger partial charge in [0.2, 0.25) is 6.79 Å². The zero-order chi connectivity index (χ0) is 29.8. The summed E-state index contributed by atoms with van der Waals surface area (Å²) < 4.78 is 16.3. The Hall–Kier alpha value is -4.02. The van der Waals surface area contributed by atoms with E-state index < -0.39 is 0 Å². The van der Waals surface area contributed by atoms with E-state index in [2.05, 4.69) is 54.1 Å². The van der Waals surface area contributed by atoms with Crippen molar-refractivity contribution in [1.29, 1.82) is 0 Å². The van der Waals surface area contributed by atoms with E-state index in [1.54, 1.807) is 18.0 Å². The van der Waals surface area contributed by atoms with E-state index in [1.165, 1.54) is 5.56 Å². The Morgan fingerprint density at radius 3 is 2.56 bits per heavy atom. The van der Waals surface area contributed by atoms with Crippen LogP contribution in [0.2, 0.25) is 0 Å². The highest BCUT2D eigenvalue weighted by Crippen LogP contribution is 2.33. The van der Waals surface area contributed by atoms with Crippen LogP contribution in [0.4, 0.5) is 5.82 Å². The maximum Gasteiger partial charge on any atom is 0.251 e. The van der Waals surface area contributed by atoms with Crippen molar-refractivity contribution in [3.63, 3.8) is 0 Å². The average Bonchev–Trinajstić information content (AvgIpc) is 3.71. The molecule has 10 heteroatoms. The minimum atomic E-state index is -0.130. The zero-order valence-electron chi connectivity index (χ0n) is 24.8. The molecule has 1 fully saturated rings. The summed E-state index contributed by atoms with van der Waals surface area (Å²) in [7, 11) is 0. The van der Waals surface area contributed by atoms with Gasteiger partial charge in [-0.15, -0.1) is 0 Å². The van der Waals surface area contributed by atoms with Crippen molar-refractivity contribution in [2.75, 3.05) is 37.9 Å². The molecular weight excluding hydrogens is 562 g/mol. The van der Waals surface area contributed by atoms with Gasteiger partial charge in [0.25, 0.3) is 5.91 Å². The quantitative estimate of drug-likeness (QED) is 0.194. The number of amides is 1. The molecule has 1 saturated heterocycles. The average molecular weight is 600 g/mol. The summed E-state index contributed by atoms with van der Waals surface area (Å²) in [6.07, 6.45) is 1.60. The zero-order valence-corrected chi connectivity index (χ0v) is 25.7. The molecule has 4 heterocycles. The highest BCUT2D eigenvalue weighted by molar-refractivity contribution is 7.98. The molecule has 1 amide bonds. The largest absolute Gasteiger partial charge is 0.467 e. The van der Waals surface area contributed by atoms with E-state index in [9.17, 15) is 4.79 Å². The molecule has 43 heavy (non-hydrogen) atoms. The fraction of sp³-hybridized carbons (Fsp3) is 0.364. The van der Waals surface area contributed by atoms with Crippen molar-refractivity contribution in [2.45, 2.75) is 50.2 Å². The molecule has 0 unspecified atom stereocenters.